The highest BCUT2D eigenvalue weighted by Crippen LogP contribution is 2.26. The smallest absolute Gasteiger partial charge is 0.228 e. The van der Waals surface area contributed by atoms with E-state index in [0.29, 0.717) is 0 Å². The SMILES string of the molecule is CC(C)(C)O[C@H]1C[C@@H](Br)C(c2ccccc2)=NO1. The molecular weight excluding hydrogens is 294 g/mol. The molecule has 1 aliphatic heterocycles. The fourth-order valence-electron chi connectivity index (χ4n) is 1.80. The van der Waals surface area contributed by atoms with Gasteiger partial charge in [-0.15, -0.1) is 0 Å². The molecule has 0 bridgehead atoms. The van der Waals surface area contributed by atoms with Gasteiger partial charge in [0.15, 0.2) is 0 Å². The van der Waals surface area contributed by atoms with Gasteiger partial charge in [0.2, 0.25) is 6.29 Å². The van der Waals surface area contributed by atoms with Gasteiger partial charge in [-0.3, -0.25) is 0 Å². The van der Waals surface area contributed by atoms with Crippen molar-refractivity contribution in [2.75, 3.05) is 0 Å². The van der Waals surface area contributed by atoms with Crippen molar-refractivity contribution in [1.29, 1.82) is 0 Å². The minimum absolute atomic E-state index is 0.154. The van der Waals surface area contributed by atoms with Crippen molar-refractivity contribution in [3.05, 3.63) is 35.9 Å². The maximum atomic E-state index is 5.77. The fourth-order valence-corrected chi connectivity index (χ4v) is 2.46. The molecule has 0 N–H and O–H groups in total. The van der Waals surface area contributed by atoms with Crippen molar-refractivity contribution in [2.45, 2.75) is 43.9 Å². The van der Waals surface area contributed by atoms with E-state index in [-0.39, 0.29) is 16.7 Å². The summed E-state index contributed by atoms with van der Waals surface area (Å²) in [7, 11) is 0. The summed E-state index contributed by atoms with van der Waals surface area (Å²) in [6.07, 6.45) is 0.465. The van der Waals surface area contributed by atoms with Crippen LogP contribution in [0.15, 0.2) is 35.5 Å². The van der Waals surface area contributed by atoms with Crippen molar-refractivity contribution >= 4 is 21.6 Å². The summed E-state index contributed by atoms with van der Waals surface area (Å²) < 4.78 is 5.77. The summed E-state index contributed by atoms with van der Waals surface area (Å²) >= 11 is 3.65. The number of oxime groups is 1. The second-order valence-corrected chi connectivity index (χ2v) is 6.42. The Kier molecular flexibility index (Phi) is 4.07. The maximum absolute atomic E-state index is 5.77. The standard InChI is InChI=1S/C14H18BrNO2/c1-14(2,3)17-12-9-11(15)13(16-18-12)10-7-5-4-6-8-10/h4-8,11-12H,9H2,1-3H3/t11-,12-/m1/s1. The molecule has 1 aromatic carbocycles. The van der Waals surface area contributed by atoms with E-state index in [2.05, 4.69) is 21.1 Å². The van der Waals surface area contributed by atoms with E-state index in [0.717, 1.165) is 17.7 Å². The Morgan fingerprint density at radius 3 is 2.50 bits per heavy atom. The Morgan fingerprint density at radius 1 is 1.28 bits per heavy atom. The maximum Gasteiger partial charge on any atom is 0.228 e. The van der Waals surface area contributed by atoms with Crippen LogP contribution in [-0.2, 0) is 9.57 Å². The lowest BCUT2D eigenvalue weighted by molar-refractivity contribution is -0.200. The molecular formula is C14H18BrNO2. The van der Waals surface area contributed by atoms with Crippen LogP contribution in [0.25, 0.3) is 0 Å². The molecule has 98 valence electrons. The lowest BCUT2D eigenvalue weighted by atomic mass is 10.0. The Balaban J connectivity index is 2.09. The van der Waals surface area contributed by atoms with Crippen molar-refractivity contribution in [3.63, 3.8) is 0 Å². The molecule has 0 amide bonds. The van der Waals surface area contributed by atoms with Gasteiger partial charge in [-0.05, 0) is 20.8 Å². The molecule has 0 aromatic heterocycles. The van der Waals surface area contributed by atoms with Gasteiger partial charge in [0.25, 0.3) is 0 Å². The largest absolute Gasteiger partial charge is 0.363 e. The first-order chi connectivity index (χ1) is 8.46. The van der Waals surface area contributed by atoms with Crippen molar-refractivity contribution < 1.29 is 9.57 Å². The van der Waals surface area contributed by atoms with Gasteiger partial charge in [-0.2, -0.15) is 0 Å². The zero-order valence-electron chi connectivity index (χ0n) is 10.9. The second kappa shape index (κ2) is 5.41. The molecule has 18 heavy (non-hydrogen) atoms. The summed E-state index contributed by atoms with van der Waals surface area (Å²) in [5.41, 5.74) is 1.77. The highest BCUT2D eigenvalue weighted by atomic mass is 79.9. The zero-order chi connectivity index (χ0) is 13.2. The molecule has 4 heteroatoms. The van der Waals surface area contributed by atoms with E-state index in [9.17, 15) is 0 Å². The van der Waals surface area contributed by atoms with Gasteiger partial charge in [-0.25, -0.2) is 0 Å². The number of halogens is 1. The van der Waals surface area contributed by atoms with Crippen LogP contribution in [0.1, 0.15) is 32.8 Å². The number of rotatable bonds is 2. The summed E-state index contributed by atoms with van der Waals surface area (Å²) in [5, 5.41) is 4.19. The fraction of sp³-hybridized carbons (Fsp3) is 0.500. The van der Waals surface area contributed by atoms with Crippen LogP contribution in [0.3, 0.4) is 0 Å². The van der Waals surface area contributed by atoms with E-state index in [1.54, 1.807) is 0 Å². The van der Waals surface area contributed by atoms with Gasteiger partial charge in [0.1, 0.15) is 5.71 Å². The summed E-state index contributed by atoms with van der Waals surface area (Å²) in [6, 6.07) is 10.0. The van der Waals surface area contributed by atoms with E-state index < -0.39 is 0 Å². The van der Waals surface area contributed by atoms with Gasteiger partial charge in [0, 0.05) is 12.0 Å². The van der Waals surface area contributed by atoms with E-state index in [4.69, 9.17) is 9.57 Å². The first-order valence-corrected chi connectivity index (χ1v) is 6.98. The Morgan fingerprint density at radius 2 is 1.94 bits per heavy atom. The molecule has 0 unspecified atom stereocenters. The number of nitrogens with zero attached hydrogens (tertiary/aromatic N) is 1. The van der Waals surface area contributed by atoms with Crippen LogP contribution in [0.4, 0.5) is 0 Å². The molecule has 0 saturated carbocycles. The van der Waals surface area contributed by atoms with Gasteiger partial charge in [-0.1, -0.05) is 51.4 Å². The average molecular weight is 312 g/mol. The predicted octanol–water partition coefficient (Wildman–Crippen LogP) is 3.72. The highest BCUT2D eigenvalue weighted by molar-refractivity contribution is 9.10. The zero-order valence-corrected chi connectivity index (χ0v) is 12.5. The molecule has 0 saturated heterocycles. The first kappa shape index (κ1) is 13.6. The van der Waals surface area contributed by atoms with Crippen molar-refractivity contribution in [1.82, 2.24) is 0 Å². The van der Waals surface area contributed by atoms with E-state index in [1.807, 2.05) is 51.1 Å². The third kappa shape index (κ3) is 3.56. The number of ether oxygens (including phenoxy) is 1. The quantitative estimate of drug-likeness (QED) is 0.779. The monoisotopic (exact) mass is 311 g/mol. The Hall–Kier alpha value is -0.870. The van der Waals surface area contributed by atoms with Gasteiger partial charge in [0.05, 0.1) is 10.4 Å². The van der Waals surface area contributed by atoms with Crippen LogP contribution in [-0.4, -0.2) is 22.4 Å². The molecule has 1 aromatic rings. The van der Waals surface area contributed by atoms with E-state index >= 15 is 0 Å². The summed E-state index contributed by atoms with van der Waals surface area (Å²) in [4.78, 5) is 5.58. The predicted molar refractivity (Wildman–Crippen MR) is 76.0 cm³/mol. The van der Waals surface area contributed by atoms with Crippen molar-refractivity contribution in [3.8, 4) is 0 Å². The minimum atomic E-state index is -0.290. The van der Waals surface area contributed by atoms with Gasteiger partial charge >= 0.3 is 0 Å². The molecule has 2 atom stereocenters. The van der Waals surface area contributed by atoms with Crippen molar-refractivity contribution in [2.24, 2.45) is 5.16 Å². The third-order valence-corrected chi connectivity index (χ3v) is 3.33. The first-order valence-electron chi connectivity index (χ1n) is 6.07. The molecule has 1 aliphatic rings. The summed E-state index contributed by atoms with van der Waals surface area (Å²) in [6.45, 7) is 6.03. The number of hydrogen-bond acceptors (Lipinski definition) is 3. The Bertz CT molecular complexity index is 425. The minimum Gasteiger partial charge on any atom is -0.363 e. The van der Waals surface area contributed by atoms with E-state index in [1.165, 1.54) is 0 Å². The molecule has 1 heterocycles. The number of hydrogen-bond donors (Lipinski definition) is 0. The van der Waals surface area contributed by atoms with Crippen LogP contribution in [0.2, 0.25) is 0 Å². The Labute approximate surface area is 116 Å². The second-order valence-electron chi connectivity index (χ2n) is 5.31. The molecule has 2 rings (SSSR count). The van der Waals surface area contributed by atoms with Crippen LogP contribution >= 0.6 is 15.9 Å². The highest BCUT2D eigenvalue weighted by Gasteiger charge is 2.30. The molecule has 0 aliphatic carbocycles. The number of benzene rings is 1. The molecule has 0 radical (unpaired) electrons. The van der Waals surface area contributed by atoms with Crippen LogP contribution < -0.4 is 0 Å². The average Bonchev–Trinajstić information content (AvgIpc) is 2.28. The third-order valence-electron chi connectivity index (χ3n) is 2.52. The lowest BCUT2D eigenvalue weighted by Gasteiger charge is -2.30. The normalized spacial score (nSPS) is 24.3. The van der Waals surface area contributed by atoms with Crippen LogP contribution in [0, 0.1) is 0 Å². The topological polar surface area (TPSA) is 30.8 Å². The molecule has 0 fully saturated rings. The summed E-state index contributed by atoms with van der Waals surface area (Å²) in [5.74, 6) is 0. The number of alkyl halides is 1. The molecule has 3 nitrogen and oxygen atoms in total. The lowest BCUT2D eigenvalue weighted by Crippen LogP contribution is -2.35. The van der Waals surface area contributed by atoms with Gasteiger partial charge < -0.3 is 9.57 Å². The van der Waals surface area contributed by atoms with Crippen LogP contribution in [0.5, 0.6) is 0 Å². The molecule has 0 spiro atoms.